The maximum Gasteiger partial charge on any atom is 0.258 e. The van der Waals surface area contributed by atoms with E-state index in [0.29, 0.717) is 29.8 Å². The average molecular weight is 355 g/mol. The van der Waals surface area contributed by atoms with Crippen molar-refractivity contribution in [1.82, 2.24) is 25.2 Å². The van der Waals surface area contributed by atoms with E-state index >= 15 is 0 Å². The lowest BCUT2D eigenvalue weighted by atomic mass is 10.1. The summed E-state index contributed by atoms with van der Waals surface area (Å²) in [5.74, 6) is 1.76. The van der Waals surface area contributed by atoms with Gasteiger partial charge in [-0.25, -0.2) is 0 Å². The molecule has 4 rings (SSSR count). The van der Waals surface area contributed by atoms with Gasteiger partial charge in [0.05, 0.1) is 19.0 Å². The van der Waals surface area contributed by atoms with Gasteiger partial charge in [0, 0.05) is 18.0 Å². The highest BCUT2D eigenvalue weighted by atomic mass is 16.7. The van der Waals surface area contributed by atoms with Gasteiger partial charge in [0.15, 0.2) is 17.3 Å². The Morgan fingerprint density at radius 1 is 1.35 bits per heavy atom. The normalized spacial score (nSPS) is 13.6. The van der Waals surface area contributed by atoms with E-state index in [1.165, 1.54) is 0 Å². The van der Waals surface area contributed by atoms with Crippen LogP contribution < -0.4 is 14.8 Å². The van der Waals surface area contributed by atoms with Crippen LogP contribution in [0.4, 0.5) is 0 Å². The second-order valence-corrected chi connectivity index (χ2v) is 5.93. The molecule has 0 saturated heterocycles. The molecule has 0 aliphatic carbocycles. The predicted molar refractivity (Wildman–Crippen MR) is 89.1 cm³/mol. The molecule has 0 unspecified atom stereocenters. The molecule has 1 N–H and O–H groups in total. The Kier molecular flexibility index (Phi) is 4.26. The Morgan fingerprint density at radius 2 is 2.23 bits per heavy atom. The Morgan fingerprint density at radius 3 is 3.08 bits per heavy atom. The van der Waals surface area contributed by atoms with E-state index in [1.807, 2.05) is 25.3 Å². The van der Waals surface area contributed by atoms with Crippen molar-refractivity contribution < 1.29 is 18.8 Å². The van der Waals surface area contributed by atoms with Crippen LogP contribution in [0.15, 0.2) is 41.2 Å². The van der Waals surface area contributed by atoms with Crippen molar-refractivity contribution in [1.29, 1.82) is 0 Å². The second kappa shape index (κ2) is 6.87. The molecule has 1 amide bonds. The SMILES string of the molecule is C[C@H](Cn1cccn1)C(=O)NCc1noc(-c2ccc3c(c2)OCO3)n1. The highest BCUT2D eigenvalue weighted by Gasteiger charge is 2.18. The third kappa shape index (κ3) is 3.37. The summed E-state index contributed by atoms with van der Waals surface area (Å²) in [4.78, 5) is 16.5. The number of nitrogens with one attached hydrogen (secondary N) is 1. The number of carbonyl (C=O) groups excluding carboxylic acids is 1. The first kappa shape index (κ1) is 16.1. The number of ether oxygens (including phenoxy) is 2. The molecular weight excluding hydrogens is 338 g/mol. The van der Waals surface area contributed by atoms with Gasteiger partial charge in [-0.1, -0.05) is 12.1 Å². The number of hydrogen-bond donors (Lipinski definition) is 1. The van der Waals surface area contributed by atoms with Crippen LogP contribution in [0.25, 0.3) is 11.5 Å². The summed E-state index contributed by atoms with van der Waals surface area (Å²) in [7, 11) is 0. The molecule has 3 aromatic rings. The summed E-state index contributed by atoms with van der Waals surface area (Å²) in [5, 5.41) is 10.8. The van der Waals surface area contributed by atoms with Crippen molar-refractivity contribution in [3.8, 4) is 23.0 Å². The number of benzene rings is 1. The number of rotatable bonds is 6. The lowest BCUT2D eigenvalue weighted by Crippen LogP contribution is -2.31. The number of carbonyl (C=O) groups is 1. The Labute approximate surface area is 148 Å². The van der Waals surface area contributed by atoms with Gasteiger partial charge < -0.3 is 19.3 Å². The molecule has 3 heterocycles. The lowest BCUT2D eigenvalue weighted by Gasteiger charge is -2.10. The molecule has 0 radical (unpaired) electrons. The van der Waals surface area contributed by atoms with Crippen LogP contribution in [-0.4, -0.2) is 32.6 Å². The van der Waals surface area contributed by atoms with E-state index in [9.17, 15) is 4.79 Å². The second-order valence-electron chi connectivity index (χ2n) is 5.93. The first-order chi connectivity index (χ1) is 12.7. The van der Waals surface area contributed by atoms with Crippen LogP contribution >= 0.6 is 0 Å². The van der Waals surface area contributed by atoms with E-state index in [1.54, 1.807) is 23.0 Å². The van der Waals surface area contributed by atoms with Crippen LogP contribution in [-0.2, 0) is 17.9 Å². The molecule has 9 heteroatoms. The van der Waals surface area contributed by atoms with Crippen LogP contribution in [0.3, 0.4) is 0 Å². The van der Waals surface area contributed by atoms with Gasteiger partial charge >= 0.3 is 0 Å². The fraction of sp³-hybridized carbons (Fsp3) is 0.294. The highest BCUT2D eigenvalue weighted by Crippen LogP contribution is 2.35. The fourth-order valence-electron chi connectivity index (χ4n) is 2.58. The van der Waals surface area contributed by atoms with E-state index < -0.39 is 0 Å². The van der Waals surface area contributed by atoms with Crippen LogP contribution in [0, 0.1) is 5.92 Å². The van der Waals surface area contributed by atoms with Crippen molar-refractivity contribution in [2.45, 2.75) is 20.0 Å². The summed E-state index contributed by atoms with van der Waals surface area (Å²) in [6.45, 7) is 2.74. The molecular formula is C17H17N5O4. The predicted octanol–water partition coefficient (Wildman–Crippen LogP) is 1.61. The largest absolute Gasteiger partial charge is 0.454 e. The molecule has 1 atom stereocenters. The molecule has 26 heavy (non-hydrogen) atoms. The molecule has 0 bridgehead atoms. The van der Waals surface area contributed by atoms with E-state index in [2.05, 4.69) is 20.6 Å². The van der Waals surface area contributed by atoms with Gasteiger partial charge in [-0.05, 0) is 24.3 Å². The van der Waals surface area contributed by atoms with Crippen LogP contribution in [0.1, 0.15) is 12.7 Å². The average Bonchev–Trinajstić information content (AvgIpc) is 3.39. The molecule has 1 aromatic carbocycles. The smallest absolute Gasteiger partial charge is 0.258 e. The van der Waals surface area contributed by atoms with E-state index in [4.69, 9.17) is 14.0 Å². The van der Waals surface area contributed by atoms with Crippen molar-refractivity contribution in [3.63, 3.8) is 0 Å². The highest BCUT2D eigenvalue weighted by molar-refractivity contribution is 5.78. The first-order valence-electron chi connectivity index (χ1n) is 8.17. The van der Waals surface area contributed by atoms with Gasteiger partial charge in [-0.2, -0.15) is 10.1 Å². The minimum absolute atomic E-state index is 0.102. The first-order valence-corrected chi connectivity index (χ1v) is 8.17. The number of amides is 1. The third-order valence-corrected chi connectivity index (χ3v) is 3.98. The maximum absolute atomic E-state index is 12.2. The maximum atomic E-state index is 12.2. The molecule has 134 valence electrons. The quantitative estimate of drug-likeness (QED) is 0.716. The fourth-order valence-corrected chi connectivity index (χ4v) is 2.58. The Balaban J connectivity index is 1.35. The summed E-state index contributed by atoms with van der Waals surface area (Å²) in [6, 6.07) is 7.21. The number of aromatic nitrogens is 4. The molecule has 2 aromatic heterocycles. The van der Waals surface area contributed by atoms with Crippen molar-refractivity contribution in [3.05, 3.63) is 42.5 Å². The van der Waals surface area contributed by atoms with Gasteiger partial charge in [0.25, 0.3) is 5.89 Å². The molecule has 0 fully saturated rings. The van der Waals surface area contributed by atoms with E-state index in [-0.39, 0.29) is 25.2 Å². The van der Waals surface area contributed by atoms with Gasteiger partial charge in [0.1, 0.15) is 0 Å². The third-order valence-electron chi connectivity index (χ3n) is 3.98. The topological polar surface area (TPSA) is 104 Å². The molecule has 1 aliphatic heterocycles. The minimum atomic E-state index is -0.227. The van der Waals surface area contributed by atoms with Gasteiger partial charge in [-0.3, -0.25) is 9.48 Å². The van der Waals surface area contributed by atoms with Crippen molar-refractivity contribution in [2.24, 2.45) is 5.92 Å². The summed E-state index contributed by atoms with van der Waals surface area (Å²) in [6.07, 6.45) is 3.50. The molecule has 0 saturated carbocycles. The number of fused-ring (bicyclic) bond motifs is 1. The van der Waals surface area contributed by atoms with Crippen LogP contribution in [0.2, 0.25) is 0 Å². The van der Waals surface area contributed by atoms with Gasteiger partial charge in [0.2, 0.25) is 12.7 Å². The molecule has 9 nitrogen and oxygen atoms in total. The number of nitrogens with zero attached hydrogens (tertiary/aromatic N) is 4. The van der Waals surface area contributed by atoms with Crippen molar-refractivity contribution in [2.75, 3.05) is 6.79 Å². The van der Waals surface area contributed by atoms with Crippen LogP contribution in [0.5, 0.6) is 11.5 Å². The lowest BCUT2D eigenvalue weighted by molar-refractivity contribution is -0.125. The molecule has 0 spiro atoms. The standard InChI is InChI=1S/C17H17N5O4/c1-11(9-22-6-2-5-19-22)16(23)18-8-15-20-17(26-21-15)12-3-4-13-14(7-12)25-10-24-13/h2-7,11H,8-10H2,1H3,(H,18,23)/t11-/m1/s1. The zero-order chi connectivity index (χ0) is 17.9. The zero-order valence-corrected chi connectivity index (χ0v) is 14.1. The summed E-state index contributed by atoms with van der Waals surface area (Å²) in [5.41, 5.74) is 0.728. The summed E-state index contributed by atoms with van der Waals surface area (Å²) >= 11 is 0. The monoisotopic (exact) mass is 355 g/mol. The number of hydrogen-bond acceptors (Lipinski definition) is 7. The van der Waals surface area contributed by atoms with E-state index in [0.717, 1.165) is 5.56 Å². The summed E-state index contributed by atoms with van der Waals surface area (Å²) < 4.78 is 17.6. The Hall–Kier alpha value is -3.36. The zero-order valence-electron chi connectivity index (χ0n) is 14.1. The minimum Gasteiger partial charge on any atom is -0.454 e. The van der Waals surface area contributed by atoms with Crippen molar-refractivity contribution >= 4 is 5.91 Å². The Bertz CT molecular complexity index is 906. The van der Waals surface area contributed by atoms with Gasteiger partial charge in [-0.15, -0.1) is 0 Å². The molecule has 1 aliphatic rings.